The molecule has 0 unspecified atom stereocenters. The maximum absolute atomic E-state index is 5.91. The van der Waals surface area contributed by atoms with E-state index in [-0.39, 0.29) is 0 Å². The first-order valence-corrected chi connectivity index (χ1v) is 22.2. The Hall–Kier alpha value is -6.16. The van der Waals surface area contributed by atoms with Crippen LogP contribution in [0.2, 0.25) is 0 Å². The summed E-state index contributed by atoms with van der Waals surface area (Å²) >= 11 is 15.3. The third-order valence-corrected chi connectivity index (χ3v) is 13.2. The van der Waals surface area contributed by atoms with Gasteiger partial charge in [0.15, 0.2) is 0 Å². The molecule has 7 aromatic carbocycles. The summed E-state index contributed by atoms with van der Waals surface area (Å²) in [6.45, 7) is 1.66. The van der Waals surface area contributed by atoms with Crippen molar-refractivity contribution in [1.29, 1.82) is 0 Å². The van der Waals surface area contributed by atoms with Crippen molar-refractivity contribution in [2.24, 2.45) is 0 Å². The summed E-state index contributed by atoms with van der Waals surface area (Å²) in [6, 6.07) is 74.6. The average Bonchev–Trinajstić information content (AvgIpc) is 3.86. The van der Waals surface area contributed by atoms with E-state index in [0.717, 1.165) is 65.7 Å². The van der Waals surface area contributed by atoms with E-state index in [1.165, 1.54) is 11.1 Å². The molecule has 4 nitrogen and oxygen atoms in total. The highest BCUT2D eigenvalue weighted by Gasteiger charge is 2.25. The summed E-state index contributed by atoms with van der Waals surface area (Å²) in [5.41, 5.74) is 7.07. The van der Waals surface area contributed by atoms with Crippen LogP contribution in [-0.2, 0) is 38.3 Å². The fourth-order valence-corrected chi connectivity index (χ4v) is 9.86. The van der Waals surface area contributed by atoms with Gasteiger partial charge in [-0.1, -0.05) is 194 Å². The lowest BCUT2D eigenvalue weighted by molar-refractivity contribution is -0.617. The van der Waals surface area contributed by atoms with E-state index in [1.54, 1.807) is 22.7 Å². The summed E-state index contributed by atoms with van der Waals surface area (Å²) in [5, 5.41) is 3.97. The van der Waals surface area contributed by atoms with Crippen LogP contribution in [0, 0.1) is 0 Å². The van der Waals surface area contributed by atoms with Crippen molar-refractivity contribution in [1.82, 2.24) is 0 Å². The molecule has 0 radical (unpaired) electrons. The first-order valence-electron chi connectivity index (χ1n) is 19.7. The van der Waals surface area contributed by atoms with Crippen LogP contribution in [0.15, 0.2) is 228 Å². The van der Waals surface area contributed by atoms with E-state index in [4.69, 9.17) is 25.3 Å². The predicted octanol–water partition coefficient (Wildman–Crippen LogP) is 12.2. The Morgan fingerprint density at radius 1 is 0.367 bits per heavy atom. The molecule has 0 aliphatic heterocycles. The molecule has 9 rings (SSSR count). The fraction of sp³-hybridized carbons (Fsp3) is 0.0769. The summed E-state index contributed by atoms with van der Waals surface area (Å²) in [4.78, 5) is 6.80. The highest BCUT2D eigenvalue weighted by molar-refractivity contribution is 7.59. The number of nitrogens with zero attached hydrogens (tertiary/aromatic N) is 4. The predicted molar refractivity (Wildman–Crippen MR) is 257 cm³/mol. The number of benzene rings is 7. The minimum Gasteiger partial charge on any atom is -0.735 e. The second-order valence-corrected chi connectivity index (χ2v) is 16.7. The summed E-state index contributed by atoms with van der Waals surface area (Å²) in [5.74, 6) is 0. The van der Waals surface area contributed by atoms with Crippen molar-refractivity contribution in [2.45, 2.75) is 23.1 Å². The Labute approximate surface area is 373 Å². The Morgan fingerprint density at radius 3 is 0.917 bits per heavy atom. The van der Waals surface area contributed by atoms with E-state index in [9.17, 15) is 0 Å². The number of thiazole rings is 2. The van der Waals surface area contributed by atoms with E-state index in [0.29, 0.717) is 0 Å². The Balaban J connectivity index is 0.000000159. The minimum absolute atomic E-state index is 0.831. The van der Waals surface area contributed by atoms with Crippen molar-refractivity contribution in [3.8, 4) is 32.3 Å². The topological polar surface area (TPSA) is 14.2 Å². The second-order valence-electron chi connectivity index (χ2n) is 13.9. The molecule has 0 aliphatic rings. The van der Waals surface area contributed by atoms with Crippen LogP contribution < -0.4 is 18.9 Å². The molecule has 9 aromatic rings. The Morgan fingerprint density at radius 2 is 0.617 bits per heavy atom. The fourth-order valence-electron chi connectivity index (χ4n) is 6.62. The van der Waals surface area contributed by atoms with E-state index in [2.05, 4.69) is 179 Å². The van der Waals surface area contributed by atoms with Crippen LogP contribution in [0.3, 0.4) is 0 Å². The van der Waals surface area contributed by atoms with Crippen LogP contribution >= 0.6 is 22.7 Å². The number of hydrogen-bond acceptors (Lipinski definition) is 6. The maximum atomic E-state index is 5.91. The van der Waals surface area contributed by atoms with Gasteiger partial charge in [0, 0.05) is 10.1 Å². The molecule has 0 fully saturated rings. The van der Waals surface area contributed by atoms with Crippen molar-refractivity contribution in [3.05, 3.63) is 230 Å². The number of para-hydroxylation sites is 2. The van der Waals surface area contributed by atoms with Gasteiger partial charge in [0.25, 0.3) is 0 Å². The molecule has 0 saturated heterocycles. The first-order chi connectivity index (χ1) is 29.5. The molecule has 0 bridgehead atoms. The molecule has 0 amide bonds. The normalized spacial score (nSPS) is 10.4. The number of hydrogen-bond donors (Lipinski definition) is 0. The lowest BCUT2D eigenvalue weighted by atomic mass is 10.2. The van der Waals surface area contributed by atoms with Gasteiger partial charge in [0.1, 0.15) is 24.5 Å². The van der Waals surface area contributed by atoms with Gasteiger partial charge in [-0.25, -0.2) is 9.13 Å². The van der Waals surface area contributed by atoms with Crippen LogP contribution in [0.1, 0.15) is 11.1 Å². The number of aromatic nitrogens is 2. The molecule has 0 aliphatic carbocycles. The first kappa shape index (κ1) is 42.0. The molecule has 0 atom stereocenters. The molecular formula is C52H46N4S4. The SMILES string of the molecule is CN(Cc1ccccc1)c1sc(-c2ccccc2)c([S-])[n+]1-c1ccccc1.CN(Cc1ccccc1)c1sc(-c2ccccc2)c([S-])[n+]1-c1ccccc1.c1ccccc1. The average molecular weight is 855 g/mol. The summed E-state index contributed by atoms with van der Waals surface area (Å²) < 4.78 is 4.37. The Kier molecular flexibility index (Phi) is 14.8. The lowest BCUT2D eigenvalue weighted by Crippen LogP contribution is -2.38. The molecule has 298 valence electrons. The van der Waals surface area contributed by atoms with E-state index < -0.39 is 0 Å². The van der Waals surface area contributed by atoms with Gasteiger partial charge in [-0.05, 0) is 69.2 Å². The molecule has 0 spiro atoms. The number of anilines is 2. The van der Waals surface area contributed by atoms with Crippen LogP contribution in [0.25, 0.3) is 32.3 Å². The summed E-state index contributed by atoms with van der Waals surface area (Å²) in [6.07, 6.45) is 0. The van der Waals surface area contributed by atoms with E-state index in [1.807, 2.05) is 72.8 Å². The van der Waals surface area contributed by atoms with Crippen molar-refractivity contribution in [2.75, 3.05) is 23.9 Å². The maximum Gasteiger partial charge on any atom is 0.340 e. The van der Waals surface area contributed by atoms with Gasteiger partial charge in [-0.3, -0.25) is 9.80 Å². The van der Waals surface area contributed by atoms with Gasteiger partial charge < -0.3 is 25.3 Å². The highest BCUT2D eigenvalue weighted by Crippen LogP contribution is 2.36. The zero-order chi connectivity index (χ0) is 41.5. The quantitative estimate of drug-likeness (QED) is 0.100. The van der Waals surface area contributed by atoms with Crippen LogP contribution in [-0.4, -0.2) is 14.1 Å². The second kappa shape index (κ2) is 21.2. The lowest BCUT2D eigenvalue weighted by Gasteiger charge is -2.15. The third kappa shape index (κ3) is 10.7. The van der Waals surface area contributed by atoms with Crippen molar-refractivity contribution >= 4 is 58.2 Å². The monoisotopic (exact) mass is 854 g/mol. The molecule has 60 heavy (non-hydrogen) atoms. The van der Waals surface area contributed by atoms with Crippen LogP contribution in [0.4, 0.5) is 10.3 Å². The van der Waals surface area contributed by atoms with Gasteiger partial charge >= 0.3 is 10.3 Å². The van der Waals surface area contributed by atoms with Gasteiger partial charge in [-0.2, -0.15) is 0 Å². The van der Waals surface area contributed by atoms with Gasteiger partial charge in [0.05, 0.1) is 23.8 Å². The molecule has 0 saturated carbocycles. The molecule has 0 N–H and O–H groups in total. The zero-order valence-electron chi connectivity index (χ0n) is 33.6. The van der Waals surface area contributed by atoms with Gasteiger partial charge in [0.2, 0.25) is 0 Å². The standard InChI is InChI=1S/2C23H20N2S2.C6H6/c2*1-24(17-18-11-5-2-6-12-18)23-25(20-15-9-4-10-16-20)22(26)21(27-23)19-13-7-3-8-14-19;1-2-4-6-5-3-1/h2*2-16H,17H2,1H3;1-6H. The van der Waals surface area contributed by atoms with Crippen molar-refractivity contribution in [3.63, 3.8) is 0 Å². The largest absolute Gasteiger partial charge is 0.735 e. The molecule has 2 aromatic heterocycles. The highest BCUT2D eigenvalue weighted by atomic mass is 32.1. The van der Waals surface area contributed by atoms with Crippen LogP contribution in [0.5, 0.6) is 0 Å². The van der Waals surface area contributed by atoms with Crippen molar-refractivity contribution < 1.29 is 9.13 Å². The number of rotatable bonds is 10. The van der Waals surface area contributed by atoms with Gasteiger partial charge in [-0.15, -0.1) is 0 Å². The third-order valence-electron chi connectivity index (χ3n) is 9.51. The minimum atomic E-state index is 0.831. The van der Waals surface area contributed by atoms with E-state index >= 15 is 0 Å². The molecule has 8 heteroatoms. The summed E-state index contributed by atoms with van der Waals surface area (Å²) in [7, 11) is 4.25. The molecular weight excluding hydrogens is 809 g/mol. The Bertz CT molecular complexity index is 2420. The zero-order valence-corrected chi connectivity index (χ0v) is 36.9. The molecule has 2 heterocycles. The smallest absolute Gasteiger partial charge is 0.340 e.